The van der Waals surface area contributed by atoms with Crippen LogP contribution in [-0.2, 0) is 14.8 Å². The predicted molar refractivity (Wildman–Crippen MR) is 132 cm³/mol. The second kappa shape index (κ2) is 10.7. The summed E-state index contributed by atoms with van der Waals surface area (Å²) in [5.74, 6) is -0.378. The molecule has 7 nitrogen and oxygen atoms in total. The van der Waals surface area contributed by atoms with E-state index in [9.17, 15) is 18.0 Å². The molecule has 182 valence electrons. The van der Waals surface area contributed by atoms with Crippen LogP contribution in [0.1, 0.15) is 55.3 Å². The average Bonchev–Trinajstić information content (AvgIpc) is 2.89. The Kier molecular flexibility index (Phi) is 7.68. The number of amides is 2. The Labute approximate surface area is 202 Å². The highest BCUT2D eigenvalue weighted by Gasteiger charge is 2.31. The van der Waals surface area contributed by atoms with Gasteiger partial charge < -0.3 is 10.2 Å². The average molecular weight is 484 g/mol. The molecule has 1 saturated carbocycles. The summed E-state index contributed by atoms with van der Waals surface area (Å²) in [6.07, 6.45) is 6.14. The molecule has 0 bridgehead atoms. The molecule has 0 aromatic heterocycles. The highest BCUT2D eigenvalue weighted by Crippen LogP contribution is 2.27. The van der Waals surface area contributed by atoms with Crippen LogP contribution in [0.3, 0.4) is 0 Å². The number of sulfonamides is 1. The number of hydrogen-bond acceptors (Lipinski definition) is 4. The molecule has 1 aliphatic heterocycles. The molecule has 0 radical (unpaired) electrons. The molecule has 2 aromatic rings. The zero-order valence-electron chi connectivity index (χ0n) is 19.7. The quantitative estimate of drug-likeness (QED) is 0.669. The first-order valence-corrected chi connectivity index (χ1v) is 13.5. The molecular weight excluding hydrogens is 450 g/mol. The molecule has 0 unspecified atom stereocenters. The fourth-order valence-corrected chi connectivity index (χ4v) is 6.35. The van der Waals surface area contributed by atoms with Crippen molar-refractivity contribution in [3.63, 3.8) is 0 Å². The molecule has 4 rings (SSSR count). The lowest BCUT2D eigenvalue weighted by atomic mass is 9.95. The Hall–Kier alpha value is -2.71. The number of carbonyl (C=O) groups excluding carboxylic acids is 2. The topological polar surface area (TPSA) is 86.8 Å². The number of nitrogens with zero attached hydrogens (tertiary/aromatic N) is 2. The van der Waals surface area contributed by atoms with Crippen LogP contribution in [0.4, 0.5) is 5.69 Å². The Balaban J connectivity index is 1.38. The number of likely N-dealkylation sites (tertiary alicyclic amines) is 1. The summed E-state index contributed by atoms with van der Waals surface area (Å²) in [6, 6.07) is 15.7. The molecule has 1 saturated heterocycles. The maximum Gasteiger partial charge on any atom is 0.253 e. The highest BCUT2D eigenvalue weighted by atomic mass is 32.2. The van der Waals surface area contributed by atoms with E-state index in [-0.39, 0.29) is 28.7 Å². The first-order valence-electron chi connectivity index (χ1n) is 12.1. The van der Waals surface area contributed by atoms with Gasteiger partial charge in [-0.3, -0.25) is 9.59 Å². The minimum absolute atomic E-state index is 0.0131. The van der Waals surface area contributed by atoms with Gasteiger partial charge in [-0.25, -0.2) is 8.42 Å². The Bertz CT molecular complexity index is 1110. The molecule has 2 amide bonds. The van der Waals surface area contributed by atoms with Crippen molar-refractivity contribution >= 4 is 27.5 Å². The van der Waals surface area contributed by atoms with E-state index in [0.29, 0.717) is 31.5 Å². The molecule has 2 aliphatic rings. The summed E-state index contributed by atoms with van der Waals surface area (Å²) in [4.78, 5) is 27.6. The fourth-order valence-electron chi connectivity index (χ4n) is 4.89. The third-order valence-electron chi connectivity index (χ3n) is 7.04. The molecule has 8 heteroatoms. The van der Waals surface area contributed by atoms with Crippen molar-refractivity contribution in [2.75, 3.05) is 25.5 Å². The number of anilines is 1. The van der Waals surface area contributed by atoms with Gasteiger partial charge in [-0.05, 0) is 56.0 Å². The Morgan fingerprint density at radius 1 is 0.912 bits per heavy atom. The first-order chi connectivity index (χ1) is 16.4. The molecular formula is C26H33N3O4S. The summed E-state index contributed by atoms with van der Waals surface area (Å²) >= 11 is 0. The zero-order valence-corrected chi connectivity index (χ0v) is 20.5. The molecule has 1 aliphatic carbocycles. The van der Waals surface area contributed by atoms with Gasteiger partial charge in [-0.2, -0.15) is 4.31 Å². The largest absolute Gasteiger partial charge is 0.339 e. The van der Waals surface area contributed by atoms with Crippen molar-refractivity contribution in [3.05, 3.63) is 60.2 Å². The number of hydrogen-bond donors (Lipinski definition) is 1. The molecule has 2 fully saturated rings. The van der Waals surface area contributed by atoms with Gasteiger partial charge in [0.25, 0.3) is 5.91 Å². The number of rotatable bonds is 6. The number of piperidine rings is 1. The summed E-state index contributed by atoms with van der Waals surface area (Å²) in [7, 11) is -2.02. The smallest absolute Gasteiger partial charge is 0.253 e. The van der Waals surface area contributed by atoms with Crippen LogP contribution in [0.15, 0.2) is 59.5 Å². The van der Waals surface area contributed by atoms with Gasteiger partial charge in [-0.1, -0.05) is 43.5 Å². The maximum absolute atomic E-state index is 13.2. The fraction of sp³-hybridized carbons (Fsp3) is 0.462. The summed E-state index contributed by atoms with van der Waals surface area (Å²) in [5, 5.41) is 2.94. The van der Waals surface area contributed by atoms with Gasteiger partial charge in [0.15, 0.2) is 0 Å². The molecule has 1 heterocycles. The van der Waals surface area contributed by atoms with Crippen LogP contribution >= 0.6 is 0 Å². The van der Waals surface area contributed by atoms with Crippen molar-refractivity contribution < 1.29 is 18.0 Å². The van der Waals surface area contributed by atoms with E-state index < -0.39 is 10.0 Å². The van der Waals surface area contributed by atoms with Gasteiger partial charge >= 0.3 is 0 Å². The standard InChI is InChI=1S/C26H33N3O4S/c1-28(23-12-6-3-7-13-23)34(32,33)24-14-8-9-21(19-24)26(31)29-17-15-20(16-18-29)25(30)27-22-10-4-2-5-11-22/h2,4-5,8-11,14,19-20,23H,3,6-7,12-13,15-18H2,1H3,(H,27,30). The first kappa shape index (κ1) is 24.4. The van der Waals surface area contributed by atoms with Crippen LogP contribution in [0.5, 0.6) is 0 Å². The minimum atomic E-state index is -3.67. The van der Waals surface area contributed by atoms with E-state index in [2.05, 4.69) is 5.32 Å². The third-order valence-corrected chi connectivity index (χ3v) is 8.95. The molecule has 34 heavy (non-hydrogen) atoms. The molecule has 0 spiro atoms. The van der Waals surface area contributed by atoms with Gasteiger partial charge in [0.05, 0.1) is 4.90 Å². The second-order valence-electron chi connectivity index (χ2n) is 9.26. The third kappa shape index (κ3) is 5.50. The molecule has 2 aromatic carbocycles. The number of para-hydroxylation sites is 1. The maximum atomic E-state index is 13.2. The van der Waals surface area contributed by atoms with Crippen LogP contribution in [0.2, 0.25) is 0 Å². The van der Waals surface area contributed by atoms with E-state index >= 15 is 0 Å². The number of nitrogens with one attached hydrogen (secondary N) is 1. The normalized spacial score (nSPS) is 18.1. The number of carbonyl (C=O) groups is 2. The van der Waals surface area contributed by atoms with E-state index in [1.54, 1.807) is 30.1 Å². The Morgan fingerprint density at radius 3 is 2.26 bits per heavy atom. The summed E-state index contributed by atoms with van der Waals surface area (Å²) in [6.45, 7) is 0.926. The van der Waals surface area contributed by atoms with Crippen molar-refractivity contribution in [2.45, 2.75) is 55.9 Å². The lowest BCUT2D eigenvalue weighted by molar-refractivity contribution is -0.121. The van der Waals surface area contributed by atoms with Crippen LogP contribution in [-0.4, -0.2) is 55.6 Å². The highest BCUT2D eigenvalue weighted by molar-refractivity contribution is 7.89. The summed E-state index contributed by atoms with van der Waals surface area (Å²) in [5.41, 5.74) is 1.13. The number of benzene rings is 2. The SMILES string of the molecule is CN(C1CCCCC1)S(=O)(=O)c1cccc(C(=O)N2CCC(C(=O)Nc3ccccc3)CC2)c1. The van der Waals surface area contributed by atoms with Crippen LogP contribution < -0.4 is 5.32 Å². The lowest BCUT2D eigenvalue weighted by Crippen LogP contribution is -2.41. The predicted octanol–water partition coefficient (Wildman–Crippen LogP) is 4.13. The van der Waals surface area contributed by atoms with E-state index in [1.807, 2.05) is 30.3 Å². The monoisotopic (exact) mass is 483 g/mol. The van der Waals surface area contributed by atoms with Crippen molar-refractivity contribution in [1.29, 1.82) is 0 Å². The lowest BCUT2D eigenvalue weighted by Gasteiger charge is -2.32. The van der Waals surface area contributed by atoms with Crippen LogP contribution in [0.25, 0.3) is 0 Å². The summed E-state index contributed by atoms with van der Waals surface area (Å²) < 4.78 is 27.9. The second-order valence-corrected chi connectivity index (χ2v) is 11.3. The van der Waals surface area contributed by atoms with Crippen molar-refractivity contribution in [1.82, 2.24) is 9.21 Å². The van der Waals surface area contributed by atoms with Gasteiger partial charge in [0, 0.05) is 43.3 Å². The van der Waals surface area contributed by atoms with Gasteiger partial charge in [-0.15, -0.1) is 0 Å². The van der Waals surface area contributed by atoms with Gasteiger partial charge in [0.1, 0.15) is 0 Å². The Morgan fingerprint density at radius 2 is 1.59 bits per heavy atom. The molecule has 0 atom stereocenters. The van der Waals surface area contributed by atoms with E-state index in [0.717, 1.165) is 37.8 Å². The van der Waals surface area contributed by atoms with E-state index in [4.69, 9.17) is 0 Å². The minimum Gasteiger partial charge on any atom is -0.339 e. The van der Waals surface area contributed by atoms with Crippen molar-refractivity contribution in [2.24, 2.45) is 5.92 Å². The molecule has 1 N–H and O–H groups in total. The van der Waals surface area contributed by atoms with E-state index in [1.165, 1.54) is 10.4 Å². The van der Waals surface area contributed by atoms with Crippen molar-refractivity contribution in [3.8, 4) is 0 Å². The zero-order chi connectivity index (χ0) is 24.1. The van der Waals surface area contributed by atoms with Crippen LogP contribution in [0, 0.1) is 5.92 Å². The van der Waals surface area contributed by atoms with Gasteiger partial charge in [0.2, 0.25) is 15.9 Å².